The third-order valence-corrected chi connectivity index (χ3v) is 3.10. The normalized spacial score (nSPS) is 9.26. The summed E-state index contributed by atoms with van der Waals surface area (Å²) in [6.45, 7) is 10.3. The molecule has 0 amide bonds. The minimum absolute atomic E-state index is 0. The molecule has 0 aliphatic rings. The van der Waals surface area contributed by atoms with Crippen LogP contribution in [0.2, 0.25) is 0 Å². The number of halogens is 2. The molecule has 1 aromatic carbocycles. The van der Waals surface area contributed by atoms with Crippen LogP contribution in [-0.4, -0.2) is 37.9 Å². The van der Waals surface area contributed by atoms with E-state index >= 15 is 0 Å². The molecule has 0 radical (unpaired) electrons. The monoisotopic (exact) mass is 308 g/mol. The summed E-state index contributed by atoms with van der Waals surface area (Å²) in [4.78, 5) is 4.50. The first-order valence-corrected chi connectivity index (χ1v) is 6.47. The van der Waals surface area contributed by atoms with E-state index in [9.17, 15) is 0 Å². The van der Waals surface area contributed by atoms with Gasteiger partial charge in [-0.2, -0.15) is 0 Å². The summed E-state index contributed by atoms with van der Waals surface area (Å²) in [5, 5.41) is 9.00. The van der Waals surface area contributed by atoms with E-state index in [0.29, 0.717) is 6.54 Å². The van der Waals surface area contributed by atoms with Gasteiger partial charge in [0.25, 0.3) is 0 Å². The van der Waals surface area contributed by atoms with Crippen LogP contribution in [-0.2, 0) is 0 Å². The van der Waals surface area contributed by atoms with Crippen molar-refractivity contribution >= 4 is 36.2 Å². The van der Waals surface area contributed by atoms with Crippen LogP contribution in [0.5, 0.6) is 0 Å². The highest BCUT2D eigenvalue weighted by atomic mass is 35.5. The first kappa shape index (κ1) is 20.7. The molecule has 0 bridgehead atoms. The lowest BCUT2D eigenvalue weighted by molar-refractivity contribution is 0.302. The van der Waals surface area contributed by atoms with Crippen molar-refractivity contribution in [2.75, 3.05) is 42.6 Å². The zero-order valence-electron chi connectivity index (χ0n) is 12.0. The third-order valence-electron chi connectivity index (χ3n) is 3.10. The lowest BCUT2D eigenvalue weighted by atomic mass is 10.2. The highest BCUT2D eigenvalue weighted by Gasteiger charge is 2.05. The molecule has 3 nitrogen and oxygen atoms in total. The predicted octanol–water partition coefficient (Wildman–Crippen LogP) is 3.20. The highest BCUT2D eigenvalue weighted by molar-refractivity contribution is 5.85. The van der Waals surface area contributed by atoms with Crippen LogP contribution in [0.25, 0.3) is 0 Å². The van der Waals surface area contributed by atoms with Gasteiger partial charge < -0.3 is 14.9 Å². The number of rotatable bonds is 7. The van der Waals surface area contributed by atoms with E-state index in [2.05, 4.69) is 54.8 Å². The molecule has 0 heterocycles. The second-order valence-corrected chi connectivity index (χ2v) is 3.99. The maximum atomic E-state index is 9.00. The molecule has 0 aromatic heterocycles. The van der Waals surface area contributed by atoms with Crippen LogP contribution >= 0.6 is 24.8 Å². The molecule has 0 fully saturated rings. The van der Waals surface area contributed by atoms with Gasteiger partial charge in [-0.15, -0.1) is 24.8 Å². The number of hydrogen-bond acceptors (Lipinski definition) is 3. The maximum Gasteiger partial charge on any atom is 0.0606 e. The van der Waals surface area contributed by atoms with Crippen LogP contribution in [0.3, 0.4) is 0 Å². The van der Waals surface area contributed by atoms with Crippen molar-refractivity contribution < 1.29 is 5.11 Å². The van der Waals surface area contributed by atoms with E-state index < -0.39 is 0 Å². The molecule has 0 saturated carbocycles. The Morgan fingerprint density at radius 3 is 1.47 bits per heavy atom. The van der Waals surface area contributed by atoms with Gasteiger partial charge >= 0.3 is 0 Å². The summed E-state index contributed by atoms with van der Waals surface area (Å²) in [7, 11) is 0. The smallest absolute Gasteiger partial charge is 0.0606 e. The lowest BCUT2D eigenvalue weighted by Crippen LogP contribution is -2.26. The van der Waals surface area contributed by atoms with Crippen LogP contribution in [0.1, 0.15) is 20.8 Å². The maximum absolute atomic E-state index is 9.00. The average molecular weight is 309 g/mol. The molecule has 0 spiro atoms. The number of anilines is 2. The molecule has 0 aliphatic carbocycles. The van der Waals surface area contributed by atoms with Crippen molar-refractivity contribution in [2.24, 2.45) is 0 Å². The Morgan fingerprint density at radius 2 is 1.16 bits per heavy atom. The Bertz CT molecular complexity index is 316. The van der Waals surface area contributed by atoms with E-state index in [1.54, 1.807) is 0 Å². The summed E-state index contributed by atoms with van der Waals surface area (Å²) in [6, 6.07) is 8.57. The van der Waals surface area contributed by atoms with Crippen molar-refractivity contribution in [2.45, 2.75) is 20.8 Å². The molecule has 1 rings (SSSR count). The van der Waals surface area contributed by atoms with Crippen LogP contribution < -0.4 is 9.80 Å². The fourth-order valence-corrected chi connectivity index (χ4v) is 2.05. The van der Waals surface area contributed by atoms with Gasteiger partial charge in [-0.25, -0.2) is 0 Å². The molecule has 0 aliphatic heterocycles. The Hall–Kier alpha value is -0.640. The van der Waals surface area contributed by atoms with Gasteiger partial charge in [0.05, 0.1) is 6.61 Å². The zero-order valence-corrected chi connectivity index (χ0v) is 13.6. The van der Waals surface area contributed by atoms with E-state index in [1.807, 2.05) is 0 Å². The molecular weight excluding hydrogens is 283 g/mol. The fraction of sp³-hybridized carbons (Fsp3) is 0.571. The summed E-state index contributed by atoms with van der Waals surface area (Å²) in [6.07, 6.45) is 0. The minimum atomic E-state index is 0. The lowest BCUT2D eigenvalue weighted by Gasteiger charge is -2.25. The van der Waals surface area contributed by atoms with Crippen molar-refractivity contribution in [1.82, 2.24) is 0 Å². The highest BCUT2D eigenvalue weighted by Crippen LogP contribution is 2.20. The molecule has 0 atom stereocenters. The van der Waals surface area contributed by atoms with E-state index in [0.717, 1.165) is 19.6 Å². The largest absolute Gasteiger partial charge is 0.395 e. The van der Waals surface area contributed by atoms with Gasteiger partial charge in [0, 0.05) is 37.6 Å². The van der Waals surface area contributed by atoms with Crippen molar-refractivity contribution in [3.63, 3.8) is 0 Å². The topological polar surface area (TPSA) is 26.7 Å². The van der Waals surface area contributed by atoms with Crippen LogP contribution in [0, 0.1) is 0 Å². The Kier molecular flexibility index (Phi) is 12.2. The molecule has 1 N–H and O–H groups in total. The van der Waals surface area contributed by atoms with E-state index in [1.165, 1.54) is 11.4 Å². The number of hydrogen-bond donors (Lipinski definition) is 1. The van der Waals surface area contributed by atoms with E-state index in [-0.39, 0.29) is 31.4 Å². The first-order chi connectivity index (χ1) is 8.26. The van der Waals surface area contributed by atoms with Gasteiger partial charge in [-0.05, 0) is 45.0 Å². The zero-order chi connectivity index (χ0) is 12.7. The fourth-order valence-electron chi connectivity index (χ4n) is 2.05. The summed E-state index contributed by atoms with van der Waals surface area (Å²) < 4.78 is 0. The quantitative estimate of drug-likeness (QED) is 0.838. The number of benzene rings is 1. The second kappa shape index (κ2) is 11.2. The third kappa shape index (κ3) is 5.89. The number of nitrogens with zero attached hydrogens (tertiary/aromatic N) is 2. The molecule has 5 heteroatoms. The standard InChI is InChI=1S/C14H24N2O.2ClH/c1-4-15(5-2)13-7-9-14(10-8-13)16(6-3)11-12-17;;/h7-10,17H,4-6,11-12H2,1-3H3;2*1H. The van der Waals surface area contributed by atoms with E-state index in [4.69, 9.17) is 5.11 Å². The van der Waals surface area contributed by atoms with Crippen LogP contribution in [0.15, 0.2) is 24.3 Å². The van der Waals surface area contributed by atoms with Crippen molar-refractivity contribution in [1.29, 1.82) is 0 Å². The molecule has 19 heavy (non-hydrogen) atoms. The molecule has 0 unspecified atom stereocenters. The Morgan fingerprint density at radius 1 is 0.789 bits per heavy atom. The van der Waals surface area contributed by atoms with Gasteiger partial charge in [0.2, 0.25) is 0 Å². The average Bonchev–Trinajstić information content (AvgIpc) is 2.38. The Balaban J connectivity index is 0. The number of aliphatic hydroxyl groups excluding tert-OH is 1. The Labute approximate surface area is 129 Å². The van der Waals surface area contributed by atoms with Gasteiger partial charge in [-0.1, -0.05) is 0 Å². The number of likely N-dealkylation sites (N-methyl/N-ethyl adjacent to an activating group) is 1. The van der Waals surface area contributed by atoms with Gasteiger partial charge in [0.1, 0.15) is 0 Å². The first-order valence-electron chi connectivity index (χ1n) is 6.47. The molecule has 1 aromatic rings. The molecule has 112 valence electrons. The van der Waals surface area contributed by atoms with Crippen molar-refractivity contribution in [3.8, 4) is 0 Å². The molecular formula is C14H26Cl2N2O. The summed E-state index contributed by atoms with van der Waals surface area (Å²) in [5.41, 5.74) is 2.44. The SMILES string of the molecule is CCN(CC)c1ccc(N(CC)CCO)cc1.Cl.Cl. The molecule has 0 saturated heterocycles. The van der Waals surface area contributed by atoms with Crippen molar-refractivity contribution in [3.05, 3.63) is 24.3 Å². The predicted molar refractivity (Wildman–Crippen MR) is 89.5 cm³/mol. The second-order valence-electron chi connectivity index (χ2n) is 3.99. The van der Waals surface area contributed by atoms with Crippen LogP contribution in [0.4, 0.5) is 11.4 Å². The summed E-state index contributed by atoms with van der Waals surface area (Å²) in [5.74, 6) is 0. The van der Waals surface area contributed by atoms with Gasteiger partial charge in [0.15, 0.2) is 0 Å². The number of aliphatic hydroxyl groups is 1. The summed E-state index contributed by atoms with van der Waals surface area (Å²) >= 11 is 0. The minimum Gasteiger partial charge on any atom is -0.395 e. The van der Waals surface area contributed by atoms with Gasteiger partial charge in [-0.3, -0.25) is 0 Å².